The number of hydrogen-bond donors (Lipinski definition) is 1. The van der Waals surface area contributed by atoms with Gasteiger partial charge in [-0.15, -0.1) is 0 Å². The van der Waals surface area contributed by atoms with Crippen molar-refractivity contribution in [2.24, 2.45) is 0 Å². The monoisotopic (exact) mass is 390 g/mol. The van der Waals surface area contributed by atoms with E-state index in [9.17, 15) is 9.59 Å². The minimum Gasteiger partial charge on any atom is -0.491 e. The van der Waals surface area contributed by atoms with Crippen molar-refractivity contribution in [1.29, 1.82) is 0 Å². The Hall–Kier alpha value is -2.64. The van der Waals surface area contributed by atoms with Crippen LogP contribution in [0.25, 0.3) is 22.3 Å². The molecule has 0 saturated heterocycles. The summed E-state index contributed by atoms with van der Waals surface area (Å²) in [7, 11) is 0. The molecule has 3 heterocycles. The van der Waals surface area contributed by atoms with Crippen LogP contribution in [0.5, 0.6) is 5.75 Å². The number of carbonyl (C=O) groups is 2. The second kappa shape index (κ2) is 5.96. The maximum Gasteiger partial charge on any atom is 0.228 e. The van der Waals surface area contributed by atoms with Gasteiger partial charge in [0.2, 0.25) is 11.9 Å². The highest BCUT2D eigenvalue weighted by atomic mass is 35.5. The summed E-state index contributed by atoms with van der Waals surface area (Å²) in [6.45, 7) is 1.84. The zero-order valence-corrected chi connectivity index (χ0v) is 15.1. The van der Waals surface area contributed by atoms with E-state index in [1.165, 1.54) is 17.7 Å². The molecule has 0 fully saturated rings. The van der Waals surface area contributed by atoms with Crippen molar-refractivity contribution < 1.29 is 14.3 Å². The van der Waals surface area contributed by atoms with Crippen LogP contribution >= 0.6 is 23.2 Å². The van der Waals surface area contributed by atoms with Crippen molar-refractivity contribution in [2.75, 3.05) is 12.3 Å². The number of aromatic nitrogens is 3. The molecular formula is C17H12Cl2N4O3. The van der Waals surface area contributed by atoms with Gasteiger partial charge in [-0.2, -0.15) is 0 Å². The van der Waals surface area contributed by atoms with Gasteiger partial charge in [0.15, 0.2) is 6.29 Å². The van der Waals surface area contributed by atoms with Crippen LogP contribution in [0.15, 0.2) is 12.3 Å². The van der Waals surface area contributed by atoms with Crippen LogP contribution in [0.1, 0.15) is 27.6 Å². The molecule has 0 bridgehead atoms. The van der Waals surface area contributed by atoms with E-state index in [2.05, 4.69) is 9.97 Å². The first-order valence-electron chi connectivity index (χ1n) is 7.71. The summed E-state index contributed by atoms with van der Waals surface area (Å²) < 4.78 is 6.92. The third-order valence-electron chi connectivity index (χ3n) is 4.27. The van der Waals surface area contributed by atoms with E-state index >= 15 is 0 Å². The number of carbonyl (C=O) groups excluding carboxylic acids is 2. The maximum atomic E-state index is 12.1. The Balaban J connectivity index is 2.17. The number of nitrogen functional groups attached to an aromatic ring is 1. The molecule has 0 spiro atoms. The third kappa shape index (κ3) is 2.35. The Morgan fingerprint density at radius 1 is 1.35 bits per heavy atom. The second-order valence-electron chi connectivity index (χ2n) is 5.84. The lowest BCUT2D eigenvalue weighted by molar-refractivity contribution is 0.0941. The first-order chi connectivity index (χ1) is 12.4. The second-order valence-corrected chi connectivity index (χ2v) is 6.65. The standard InChI is InChI=1S/C17H12Cl2N4O3/c1-7(25)23-5-8(6-24)13-15(23)14(22-17(20)21-13)12-9-2-3-26-16(9)11(19)4-10(12)18/h4-6H,2-3H2,1H3,(H2,20,21,22). The molecule has 1 aliphatic heterocycles. The Morgan fingerprint density at radius 3 is 2.81 bits per heavy atom. The van der Waals surface area contributed by atoms with Gasteiger partial charge >= 0.3 is 0 Å². The van der Waals surface area contributed by atoms with E-state index in [0.29, 0.717) is 51.9 Å². The summed E-state index contributed by atoms with van der Waals surface area (Å²) >= 11 is 12.7. The molecule has 2 aromatic heterocycles. The molecule has 0 radical (unpaired) electrons. The number of rotatable bonds is 2. The summed E-state index contributed by atoms with van der Waals surface area (Å²) in [5, 5.41) is 0.752. The van der Waals surface area contributed by atoms with Crippen LogP contribution in [0.3, 0.4) is 0 Å². The molecule has 7 nitrogen and oxygen atoms in total. The summed E-state index contributed by atoms with van der Waals surface area (Å²) in [5.41, 5.74) is 8.47. The average Bonchev–Trinajstić information content (AvgIpc) is 3.19. The fourth-order valence-electron chi connectivity index (χ4n) is 3.23. The number of ether oxygens (including phenoxy) is 1. The Morgan fingerprint density at radius 2 is 2.12 bits per heavy atom. The van der Waals surface area contributed by atoms with Crippen molar-refractivity contribution in [3.05, 3.63) is 33.4 Å². The van der Waals surface area contributed by atoms with Crippen molar-refractivity contribution in [2.45, 2.75) is 13.3 Å². The van der Waals surface area contributed by atoms with Crippen molar-refractivity contribution in [1.82, 2.24) is 14.5 Å². The van der Waals surface area contributed by atoms with Gasteiger partial charge in [0.1, 0.15) is 22.5 Å². The largest absolute Gasteiger partial charge is 0.491 e. The maximum absolute atomic E-state index is 12.1. The average molecular weight is 391 g/mol. The zero-order chi connectivity index (χ0) is 18.6. The van der Waals surface area contributed by atoms with E-state index < -0.39 is 0 Å². The zero-order valence-electron chi connectivity index (χ0n) is 13.5. The number of hydrogen-bond acceptors (Lipinski definition) is 6. The molecule has 0 unspecified atom stereocenters. The van der Waals surface area contributed by atoms with Crippen LogP contribution in [0.2, 0.25) is 10.0 Å². The first-order valence-corrected chi connectivity index (χ1v) is 8.46. The number of anilines is 1. The Labute approximate surface area is 157 Å². The van der Waals surface area contributed by atoms with Crippen molar-refractivity contribution in [3.63, 3.8) is 0 Å². The van der Waals surface area contributed by atoms with Crippen LogP contribution in [0.4, 0.5) is 5.95 Å². The number of nitrogens with two attached hydrogens (primary N) is 1. The SMILES string of the molecule is CC(=O)n1cc(C=O)c2nc(N)nc(-c3c(Cl)cc(Cl)c4c3CCO4)c21. The van der Waals surface area contributed by atoms with E-state index in [1.54, 1.807) is 6.07 Å². The molecule has 132 valence electrons. The fraction of sp³-hybridized carbons (Fsp3) is 0.176. The molecule has 0 saturated carbocycles. The molecular weight excluding hydrogens is 379 g/mol. The van der Waals surface area contributed by atoms with Gasteiger partial charge in [-0.05, 0) is 6.07 Å². The summed E-state index contributed by atoms with van der Waals surface area (Å²) in [5.74, 6) is 0.208. The normalized spacial score (nSPS) is 12.9. The molecule has 26 heavy (non-hydrogen) atoms. The smallest absolute Gasteiger partial charge is 0.228 e. The van der Waals surface area contributed by atoms with Gasteiger partial charge in [-0.25, -0.2) is 9.97 Å². The minimum absolute atomic E-state index is 0.0319. The lowest BCUT2D eigenvalue weighted by Crippen LogP contribution is -2.07. The van der Waals surface area contributed by atoms with E-state index in [1.807, 2.05) is 0 Å². The molecule has 1 aliphatic rings. The number of halogens is 2. The highest BCUT2D eigenvalue weighted by Gasteiger charge is 2.28. The van der Waals surface area contributed by atoms with Crippen LogP contribution in [-0.2, 0) is 6.42 Å². The number of aldehydes is 1. The number of benzene rings is 1. The van der Waals surface area contributed by atoms with Gasteiger partial charge in [-0.1, -0.05) is 23.2 Å². The molecule has 3 aromatic rings. The number of nitrogens with zero attached hydrogens (tertiary/aromatic N) is 3. The van der Waals surface area contributed by atoms with Gasteiger partial charge in [0.25, 0.3) is 0 Å². The minimum atomic E-state index is -0.296. The lowest BCUT2D eigenvalue weighted by atomic mass is 10.0. The van der Waals surface area contributed by atoms with E-state index in [0.717, 1.165) is 5.56 Å². The predicted molar refractivity (Wildman–Crippen MR) is 98.3 cm³/mol. The lowest BCUT2D eigenvalue weighted by Gasteiger charge is -2.13. The number of fused-ring (bicyclic) bond motifs is 2. The molecule has 2 N–H and O–H groups in total. The molecule has 0 aliphatic carbocycles. The van der Waals surface area contributed by atoms with Gasteiger partial charge in [-0.3, -0.25) is 14.2 Å². The van der Waals surface area contributed by atoms with Gasteiger partial charge in [0, 0.05) is 30.7 Å². The van der Waals surface area contributed by atoms with Gasteiger partial charge in [0.05, 0.1) is 22.2 Å². The highest BCUT2D eigenvalue weighted by molar-refractivity contribution is 6.38. The van der Waals surface area contributed by atoms with Crippen LogP contribution < -0.4 is 10.5 Å². The van der Waals surface area contributed by atoms with Gasteiger partial charge < -0.3 is 10.5 Å². The summed E-state index contributed by atoms with van der Waals surface area (Å²) in [6, 6.07) is 1.56. The van der Waals surface area contributed by atoms with Crippen molar-refractivity contribution >= 4 is 52.4 Å². The van der Waals surface area contributed by atoms with Crippen molar-refractivity contribution in [3.8, 4) is 17.0 Å². The third-order valence-corrected chi connectivity index (χ3v) is 4.85. The fourth-order valence-corrected chi connectivity index (χ4v) is 3.88. The molecule has 9 heteroatoms. The van der Waals surface area contributed by atoms with Crippen LogP contribution in [-0.4, -0.2) is 33.3 Å². The quantitative estimate of drug-likeness (QED) is 0.673. The highest BCUT2D eigenvalue weighted by Crippen LogP contribution is 2.45. The summed E-state index contributed by atoms with van der Waals surface area (Å²) in [6.07, 6.45) is 2.62. The molecule has 1 aromatic carbocycles. The molecule has 0 amide bonds. The summed E-state index contributed by atoms with van der Waals surface area (Å²) in [4.78, 5) is 32.0. The predicted octanol–water partition coefficient (Wildman–Crippen LogP) is 3.39. The molecule has 0 atom stereocenters. The topological polar surface area (TPSA) is 100 Å². The molecule has 4 rings (SSSR count). The Bertz CT molecular complexity index is 1110. The van der Waals surface area contributed by atoms with Crippen LogP contribution in [0, 0.1) is 0 Å². The van der Waals surface area contributed by atoms with E-state index in [-0.39, 0.29) is 22.9 Å². The van der Waals surface area contributed by atoms with E-state index in [4.69, 9.17) is 33.7 Å². The first kappa shape index (κ1) is 16.8. The Kier molecular flexibility index (Phi) is 3.86.